The molecule has 0 aromatic rings. The van der Waals surface area contributed by atoms with Crippen molar-refractivity contribution in [1.82, 2.24) is 5.32 Å². The maximum absolute atomic E-state index is 13.1. The van der Waals surface area contributed by atoms with Crippen LogP contribution in [0.15, 0.2) is 0 Å². The summed E-state index contributed by atoms with van der Waals surface area (Å²) >= 11 is 0. The van der Waals surface area contributed by atoms with Gasteiger partial charge in [-0.05, 0) is 74.7 Å². The van der Waals surface area contributed by atoms with E-state index in [0.29, 0.717) is 23.8 Å². The van der Waals surface area contributed by atoms with Crippen LogP contribution in [0.1, 0.15) is 65.7 Å². The zero-order chi connectivity index (χ0) is 15.3. The number of hydrogen-bond acceptors (Lipinski definition) is 2. The maximum atomic E-state index is 13.1. The Bertz CT molecular complexity index is 403. The lowest BCUT2D eigenvalue weighted by atomic mass is 9.44. The normalized spacial score (nSPS) is 42.3. The summed E-state index contributed by atoms with van der Waals surface area (Å²) in [6, 6.07) is 0.239. The third-order valence-electron chi connectivity index (χ3n) is 6.43. The monoisotopic (exact) mass is 292 g/mol. The number of amides is 1. The minimum absolute atomic E-state index is 0.0550. The molecule has 120 valence electrons. The van der Waals surface area contributed by atoms with E-state index in [-0.39, 0.29) is 11.5 Å². The van der Waals surface area contributed by atoms with Crippen molar-refractivity contribution in [3.8, 4) is 0 Å². The molecule has 0 heterocycles. The van der Waals surface area contributed by atoms with E-state index in [4.69, 9.17) is 5.73 Å². The molecule has 0 spiro atoms. The number of carbonyl (C=O) groups excluding carboxylic acids is 1. The first-order valence-electron chi connectivity index (χ1n) is 8.87. The molecule has 0 radical (unpaired) electrons. The van der Waals surface area contributed by atoms with Crippen LogP contribution in [0.2, 0.25) is 0 Å². The lowest BCUT2D eigenvalue weighted by Crippen LogP contribution is -2.58. The average Bonchev–Trinajstić information content (AvgIpc) is 2.34. The molecule has 0 saturated heterocycles. The fourth-order valence-corrected chi connectivity index (χ4v) is 6.06. The summed E-state index contributed by atoms with van der Waals surface area (Å²) in [6.07, 6.45) is 8.37. The van der Waals surface area contributed by atoms with Crippen LogP contribution in [0, 0.1) is 28.6 Å². The van der Waals surface area contributed by atoms with E-state index >= 15 is 0 Å². The highest BCUT2D eigenvalue weighted by Crippen LogP contribution is 2.65. The first-order chi connectivity index (χ1) is 9.86. The molecular formula is C18H32N2O. The molecule has 3 nitrogen and oxygen atoms in total. The van der Waals surface area contributed by atoms with Gasteiger partial charge in [0.15, 0.2) is 0 Å². The molecule has 0 aliphatic heterocycles. The fourth-order valence-electron chi connectivity index (χ4n) is 6.06. The van der Waals surface area contributed by atoms with E-state index in [1.165, 1.54) is 19.3 Å². The summed E-state index contributed by atoms with van der Waals surface area (Å²) in [5, 5.41) is 3.37. The van der Waals surface area contributed by atoms with E-state index in [2.05, 4.69) is 26.1 Å². The third kappa shape index (κ3) is 2.74. The van der Waals surface area contributed by atoms with Gasteiger partial charge in [-0.1, -0.05) is 20.8 Å². The SMILES string of the molecule is CC(C)C(CCN)NC(=O)C12CC3CC(CC(C)(C3)C1)C2. The smallest absolute Gasteiger partial charge is 0.226 e. The van der Waals surface area contributed by atoms with Crippen molar-refractivity contribution in [3.05, 3.63) is 0 Å². The molecule has 0 aromatic carbocycles. The summed E-state index contributed by atoms with van der Waals surface area (Å²) in [5.41, 5.74) is 6.10. The van der Waals surface area contributed by atoms with Crippen LogP contribution in [-0.2, 0) is 4.79 Å². The molecule has 0 aromatic heterocycles. The molecule has 4 saturated carbocycles. The van der Waals surface area contributed by atoms with Crippen molar-refractivity contribution < 1.29 is 4.79 Å². The topological polar surface area (TPSA) is 55.1 Å². The molecule has 3 heteroatoms. The zero-order valence-electron chi connectivity index (χ0n) is 14.0. The van der Waals surface area contributed by atoms with Gasteiger partial charge in [-0.2, -0.15) is 0 Å². The van der Waals surface area contributed by atoms with Crippen molar-refractivity contribution in [2.45, 2.75) is 71.8 Å². The lowest BCUT2D eigenvalue weighted by molar-refractivity contribution is -0.156. The molecule has 3 N–H and O–H groups in total. The van der Waals surface area contributed by atoms with Crippen molar-refractivity contribution in [2.24, 2.45) is 34.3 Å². The van der Waals surface area contributed by atoms with Gasteiger partial charge in [0.1, 0.15) is 0 Å². The molecule has 4 rings (SSSR count). The fraction of sp³-hybridized carbons (Fsp3) is 0.944. The van der Waals surface area contributed by atoms with Crippen LogP contribution >= 0.6 is 0 Å². The summed E-state index contributed by atoms with van der Waals surface area (Å²) in [6.45, 7) is 7.44. The molecule has 4 bridgehead atoms. The van der Waals surface area contributed by atoms with Crippen LogP contribution in [-0.4, -0.2) is 18.5 Å². The van der Waals surface area contributed by atoms with Gasteiger partial charge in [0.05, 0.1) is 5.41 Å². The van der Waals surface area contributed by atoms with Gasteiger partial charge in [-0.3, -0.25) is 4.79 Å². The van der Waals surface area contributed by atoms with Gasteiger partial charge in [0.2, 0.25) is 5.91 Å². The van der Waals surface area contributed by atoms with Crippen LogP contribution in [0.4, 0.5) is 0 Å². The minimum atomic E-state index is -0.0550. The second-order valence-electron chi connectivity index (χ2n) is 8.95. The van der Waals surface area contributed by atoms with Gasteiger partial charge in [0, 0.05) is 6.04 Å². The van der Waals surface area contributed by atoms with Crippen molar-refractivity contribution in [2.75, 3.05) is 6.54 Å². The van der Waals surface area contributed by atoms with E-state index in [1.54, 1.807) is 0 Å². The quantitative estimate of drug-likeness (QED) is 0.818. The number of nitrogens with one attached hydrogen (secondary N) is 1. The Balaban J connectivity index is 1.75. The van der Waals surface area contributed by atoms with E-state index < -0.39 is 0 Å². The summed E-state index contributed by atoms with van der Waals surface area (Å²) in [4.78, 5) is 13.1. The highest BCUT2D eigenvalue weighted by atomic mass is 16.2. The standard InChI is InChI=1S/C18H32N2O/c1-12(2)15(4-5-19)20-16(21)18-9-13-6-14(10-18)8-17(3,7-13)11-18/h12-15H,4-11,19H2,1-3H3,(H,20,21). The van der Waals surface area contributed by atoms with Crippen LogP contribution in [0.3, 0.4) is 0 Å². The average molecular weight is 292 g/mol. The second kappa shape index (κ2) is 5.26. The van der Waals surface area contributed by atoms with Crippen molar-refractivity contribution in [1.29, 1.82) is 0 Å². The highest BCUT2D eigenvalue weighted by Gasteiger charge is 2.58. The Morgan fingerprint density at radius 3 is 2.33 bits per heavy atom. The molecule has 4 aliphatic carbocycles. The first-order valence-corrected chi connectivity index (χ1v) is 8.87. The Labute approximate surface area is 129 Å². The molecular weight excluding hydrogens is 260 g/mol. The molecule has 4 aliphatic rings. The number of carbonyl (C=O) groups is 1. The second-order valence-corrected chi connectivity index (χ2v) is 8.95. The summed E-state index contributed by atoms with van der Waals surface area (Å²) < 4.78 is 0. The summed E-state index contributed by atoms with van der Waals surface area (Å²) in [5.74, 6) is 2.40. The van der Waals surface area contributed by atoms with E-state index in [9.17, 15) is 4.79 Å². The van der Waals surface area contributed by atoms with Crippen LogP contribution in [0.25, 0.3) is 0 Å². The largest absolute Gasteiger partial charge is 0.353 e. The maximum Gasteiger partial charge on any atom is 0.226 e. The third-order valence-corrected chi connectivity index (χ3v) is 6.43. The van der Waals surface area contributed by atoms with Gasteiger partial charge >= 0.3 is 0 Å². The Kier molecular flexibility index (Phi) is 3.84. The van der Waals surface area contributed by atoms with Gasteiger partial charge in [-0.15, -0.1) is 0 Å². The number of hydrogen-bond donors (Lipinski definition) is 2. The molecule has 21 heavy (non-hydrogen) atoms. The van der Waals surface area contributed by atoms with Crippen LogP contribution < -0.4 is 11.1 Å². The minimum Gasteiger partial charge on any atom is -0.353 e. The lowest BCUT2D eigenvalue weighted by Gasteiger charge is -2.60. The summed E-state index contributed by atoms with van der Waals surface area (Å²) in [7, 11) is 0. The van der Waals surface area contributed by atoms with Crippen molar-refractivity contribution in [3.63, 3.8) is 0 Å². The molecule has 3 unspecified atom stereocenters. The van der Waals surface area contributed by atoms with Gasteiger partial charge in [0.25, 0.3) is 0 Å². The van der Waals surface area contributed by atoms with Gasteiger partial charge in [-0.25, -0.2) is 0 Å². The van der Waals surface area contributed by atoms with E-state index in [1.807, 2.05) is 0 Å². The molecule has 4 fully saturated rings. The predicted molar refractivity (Wildman–Crippen MR) is 85.7 cm³/mol. The zero-order valence-corrected chi connectivity index (χ0v) is 14.0. The Morgan fingerprint density at radius 2 is 1.86 bits per heavy atom. The van der Waals surface area contributed by atoms with Crippen LogP contribution in [0.5, 0.6) is 0 Å². The highest BCUT2D eigenvalue weighted by molar-refractivity contribution is 5.83. The molecule has 3 atom stereocenters. The predicted octanol–water partition coefficient (Wildman–Crippen LogP) is 3.08. The van der Waals surface area contributed by atoms with E-state index in [0.717, 1.165) is 37.5 Å². The number of nitrogens with two attached hydrogens (primary N) is 1. The van der Waals surface area contributed by atoms with Gasteiger partial charge < -0.3 is 11.1 Å². The number of rotatable bonds is 5. The van der Waals surface area contributed by atoms with Crippen molar-refractivity contribution >= 4 is 5.91 Å². The first kappa shape index (κ1) is 15.3. The molecule has 1 amide bonds. The Morgan fingerprint density at radius 1 is 1.24 bits per heavy atom. The Hall–Kier alpha value is -0.570.